The normalized spacial score (nSPS) is 12.6. The van der Waals surface area contributed by atoms with E-state index in [9.17, 15) is 13.2 Å². The van der Waals surface area contributed by atoms with Crippen molar-refractivity contribution < 1.29 is 17.9 Å². The zero-order valence-electron chi connectivity index (χ0n) is 16.5. The molecule has 1 amide bonds. The van der Waals surface area contributed by atoms with Crippen LogP contribution in [0.3, 0.4) is 0 Å². The quantitative estimate of drug-likeness (QED) is 0.551. The lowest BCUT2D eigenvalue weighted by Crippen LogP contribution is -2.33. The fraction of sp³-hybridized carbons (Fsp3) is 0.350. The van der Waals surface area contributed by atoms with Crippen molar-refractivity contribution in [1.82, 2.24) is 9.62 Å². The lowest BCUT2D eigenvalue weighted by molar-refractivity contribution is -0.123. The number of nitrogens with zero attached hydrogens (tertiary/aromatic N) is 1. The maximum Gasteiger partial charge on any atom is 0.258 e. The van der Waals surface area contributed by atoms with Crippen LogP contribution in [0.4, 0.5) is 0 Å². The summed E-state index contributed by atoms with van der Waals surface area (Å²) < 4.78 is 33.6. The highest BCUT2D eigenvalue weighted by atomic mass is 79.9. The number of sulfonamides is 1. The fourth-order valence-corrected chi connectivity index (χ4v) is 5.06. The number of amides is 1. The van der Waals surface area contributed by atoms with E-state index in [1.54, 1.807) is 13.8 Å². The molecule has 0 spiro atoms. The molecule has 2 aromatic rings. The molecule has 6 nitrogen and oxygen atoms in total. The van der Waals surface area contributed by atoms with E-state index >= 15 is 0 Å². The van der Waals surface area contributed by atoms with E-state index in [4.69, 9.17) is 16.3 Å². The van der Waals surface area contributed by atoms with E-state index in [0.717, 1.165) is 10.0 Å². The SMILES string of the molecule is CCN(CC)S(=O)(=O)c1cc(Cl)ccc1OCC(=O)NC(C)c1cccc(Br)c1. The topological polar surface area (TPSA) is 75.7 Å². The van der Waals surface area contributed by atoms with Gasteiger partial charge in [0.05, 0.1) is 6.04 Å². The first-order valence-corrected chi connectivity index (χ1v) is 11.8. The number of halogens is 2. The molecular formula is C20H24BrClN2O4S. The number of hydrogen-bond acceptors (Lipinski definition) is 4. The highest BCUT2D eigenvalue weighted by molar-refractivity contribution is 9.10. The third-order valence-electron chi connectivity index (χ3n) is 4.31. The summed E-state index contributed by atoms with van der Waals surface area (Å²) in [5.74, 6) is -0.273. The summed E-state index contributed by atoms with van der Waals surface area (Å²) in [4.78, 5) is 12.3. The standard InChI is InChI=1S/C20H24BrClN2O4S/c1-4-24(5-2)29(26,27)19-12-17(22)9-10-18(19)28-13-20(25)23-14(3)15-7-6-8-16(21)11-15/h6-12,14H,4-5,13H2,1-3H3,(H,23,25). The summed E-state index contributed by atoms with van der Waals surface area (Å²) in [5.41, 5.74) is 0.934. The van der Waals surface area contributed by atoms with E-state index in [1.807, 2.05) is 31.2 Å². The van der Waals surface area contributed by atoms with Crippen LogP contribution in [0.15, 0.2) is 51.8 Å². The Labute approximate surface area is 185 Å². The van der Waals surface area contributed by atoms with Crippen LogP contribution >= 0.6 is 27.5 Å². The van der Waals surface area contributed by atoms with E-state index in [1.165, 1.54) is 22.5 Å². The van der Waals surface area contributed by atoms with Crippen molar-refractivity contribution >= 4 is 43.5 Å². The van der Waals surface area contributed by atoms with Gasteiger partial charge in [0, 0.05) is 22.6 Å². The average Bonchev–Trinajstić information content (AvgIpc) is 2.67. The van der Waals surface area contributed by atoms with Gasteiger partial charge in [-0.2, -0.15) is 4.31 Å². The summed E-state index contributed by atoms with van der Waals surface area (Å²) in [6, 6.07) is 11.7. The smallest absolute Gasteiger partial charge is 0.258 e. The molecule has 1 unspecified atom stereocenters. The van der Waals surface area contributed by atoms with Gasteiger partial charge in [-0.05, 0) is 42.8 Å². The Morgan fingerprint density at radius 3 is 2.52 bits per heavy atom. The van der Waals surface area contributed by atoms with E-state index < -0.39 is 10.0 Å². The van der Waals surface area contributed by atoms with Crippen LogP contribution < -0.4 is 10.1 Å². The highest BCUT2D eigenvalue weighted by Gasteiger charge is 2.26. The molecule has 0 aliphatic carbocycles. The molecule has 0 saturated carbocycles. The summed E-state index contributed by atoms with van der Waals surface area (Å²) in [5, 5.41) is 3.11. The number of benzene rings is 2. The second-order valence-electron chi connectivity index (χ2n) is 6.31. The Hall–Kier alpha value is -1.61. The molecule has 0 radical (unpaired) electrons. The van der Waals surface area contributed by atoms with E-state index in [0.29, 0.717) is 13.1 Å². The van der Waals surface area contributed by atoms with Gasteiger partial charge in [-0.3, -0.25) is 4.79 Å². The van der Waals surface area contributed by atoms with Gasteiger partial charge < -0.3 is 10.1 Å². The van der Waals surface area contributed by atoms with Gasteiger partial charge in [0.25, 0.3) is 5.91 Å². The minimum Gasteiger partial charge on any atom is -0.482 e. The van der Waals surface area contributed by atoms with Crippen LogP contribution in [0.25, 0.3) is 0 Å². The number of carbonyl (C=O) groups is 1. The lowest BCUT2D eigenvalue weighted by atomic mass is 10.1. The predicted octanol–water partition coefficient (Wildman–Crippen LogP) is 4.39. The first-order chi connectivity index (χ1) is 13.7. The number of carbonyl (C=O) groups excluding carboxylic acids is 1. The third-order valence-corrected chi connectivity index (χ3v) is 7.11. The number of ether oxygens (including phenoxy) is 1. The average molecular weight is 504 g/mol. The third kappa shape index (κ3) is 6.18. The molecule has 0 aromatic heterocycles. The second kappa shape index (κ2) is 10.4. The molecule has 0 saturated heterocycles. The summed E-state index contributed by atoms with van der Waals surface area (Å²) >= 11 is 9.41. The number of nitrogens with one attached hydrogen (secondary N) is 1. The first kappa shape index (κ1) is 23.7. The van der Waals surface area contributed by atoms with Crippen molar-refractivity contribution in [3.63, 3.8) is 0 Å². The Bertz CT molecular complexity index is 965. The molecule has 29 heavy (non-hydrogen) atoms. The molecular weight excluding hydrogens is 480 g/mol. The maximum absolute atomic E-state index is 12.9. The first-order valence-electron chi connectivity index (χ1n) is 9.16. The molecule has 0 aliphatic rings. The van der Waals surface area contributed by atoms with E-state index in [2.05, 4.69) is 21.2 Å². The Morgan fingerprint density at radius 1 is 1.21 bits per heavy atom. The van der Waals surface area contributed by atoms with Crippen molar-refractivity contribution in [2.75, 3.05) is 19.7 Å². The van der Waals surface area contributed by atoms with Gasteiger partial charge in [0.2, 0.25) is 10.0 Å². The number of hydrogen-bond donors (Lipinski definition) is 1. The van der Waals surface area contributed by atoms with E-state index in [-0.39, 0.29) is 34.2 Å². The summed E-state index contributed by atoms with van der Waals surface area (Å²) in [6.07, 6.45) is 0. The van der Waals surface area contributed by atoms with Gasteiger partial charge in [0.15, 0.2) is 6.61 Å². The Balaban J connectivity index is 2.13. The summed E-state index contributed by atoms with van der Waals surface area (Å²) in [7, 11) is -3.79. The molecule has 9 heteroatoms. The van der Waals surface area contributed by atoms with Crippen molar-refractivity contribution in [2.45, 2.75) is 31.7 Å². The largest absolute Gasteiger partial charge is 0.482 e. The fourth-order valence-electron chi connectivity index (χ4n) is 2.79. The predicted molar refractivity (Wildman–Crippen MR) is 118 cm³/mol. The van der Waals surface area contributed by atoms with Crippen LogP contribution in [-0.2, 0) is 14.8 Å². The van der Waals surface area contributed by atoms with Gasteiger partial charge in [0.1, 0.15) is 10.6 Å². The monoisotopic (exact) mass is 502 g/mol. The summed E-state index contributed by atoms with van der Waals surface area (Å²) in [6.45, 7) is 5.68. The Kier molecular flexibility index (Phi) is 8.51. The molecule has 0 heterocycles. The zero-order valence-corrected chi connectivity index (χ0v) is 19.6. The lowest BCUT2D eigenvalue weighted by Gasteiger charge is -2.21. The van der Waals surface area contributed by atoms with Crippen molar-refractivity contribution in [3.05, 3.63) is 57.5 Å². The van der Waals surface area contributed by atoms with Gasteiger partial charge in [-0.15, -0.1) is 0 Å². The minimum absolute atomic E-state index is 0.0541. The second-order valence-corrected chi connectivity index (χ2v) is 9.57. The Morgan fingerprint density at radius 2 is 1.90 bits per heavy atom. The minimum atomic E-state index is -3.79. The number of rotatable bonds is 9. The van der Waals surface area contributed by atoms with Crippen molar-refractivity contribution in [3.8, 4) is 5.75 Å². The molecule has 0 fully saturated rings. The van der Waals surface area contributed by atoms with Gasteiger partial charge in [-0.25, -0.2) is 8.42 Å². The molecule has 158 valence electrons. The van der Waals surface area contributed by atoms with Crippen LogP contribution in [0, 0.1) is 0 Å². The van der Waals surface area contributed by atoms with Crippen LogP contribution in [0.5, 0.6) is 5.75 Å². The molecule has 0 bridgehead atoms. The molecule has 2 rings (SSSR count). The van der Waals surface area contributed by atoms with Gasteiger partial charge >= 0.3 is 0 Å². The van der Waals surface area contributed by atoms with Crippen molar-refractivity contribution in [2.24, 2.45) is 0 Å². The molecule has 2 aromatic carbocycles. The molecule has 1 N–H and O–H groups in total. The molecule has 0 aliphatic heterocycles. The van der Waals surface area contributed by atoms with Gasteiger partial charge in [-0.1, -0.05) is 53.5 Å². The van der Waals surface area contributed by atoms with Crippen LogP contribution in [0.1, 0.15) is 32.4 Å². The maximum atomic E-state index is 12.9. The van der Waals surface area contributed by atoms with Crippen molar-refractivity contribution in [1.29, 1.82) is 0 Å². The highest BCUT2D eigenvalue weighted by Crippen LogP contribution is 2.30. The van der Waals surface area contributed by atoms with Crippen LogP contribution in [-0.4, -0.2) is 38.3 Å². The molecule has 1 atom stereocenters. The zero-order chi connectivity index (χ0) is 21.6. The van der Waals surface area contributed by atoms with Crippen LogP contribution in [0.2, 0.25) is 5.02 Å².